The first kappa shape index (κ1) is 16.4. The lowest BCUT2D eigenvalue weighted by atomic mass is 10.1. The molecule has 0 fully saturated rings. The smallest absolute Gasteiger partial charge is 0.261 e. The van der Waals surface area contributed by atoms with E-state index in [1.165, 1.54) is 5.56 Å². The highest BCUT2D eigenvalue weighted by Gasteiger charge is 2.15. The summed E-state index contributed by atoms with van der Waals surface area (Å²) in [5.74, 6) is 0.729. The van der Waals surface area contributed by atoms with E-state index < -0.39 is 0 Å². The van der Waals surface area contributed by atoms with E-state index in [9.17, 15) is 4.79 Å². The van der Waals surface area contributed by atoms with Crippen molar-refractivity contribution in [2.75, 3.05) is 14.1 Å². The number of aromatic nitrogens is 2. The molecule has 0 aliphatic carbocycles. The van der Waals surface area contributed by atoms with E-state index in [4.69, 9.17) is 4.98 Å². The summed E-state index contributed by atoms with van der Waals surface area (Å²) in [6.07, 6.45) is 0. The molecule has 2 aromatic carbocycles. The molecule has 0 saturated heterocycles. The third-order valence-electron chi connectivity index (χ3n) is 4.50. The van der Waals surface area contributed by atoms with Crippen LogP contribution in [0.1, 0.15) is 12.5 Å². The fourth-order valence-corrected chi connectivity index (χ4v) is 2.69. The third kappa shape index (κ3) is 3.10. The topological polar surface area (TPSA) is 38.1 Å². The van der Waals surface area contributed by atoms with E-state index in [1.807, 2.05) is 50.5 Å². The minimum absolute atomic E-state index is 0.0184. The van der Waals surface area contributed by atoms with E-state index in [0.717, 1.165) is 16.9 Å². The van der Waals surface area contributed by atoms with Gasteiger partial charge in [-0.05, 0) is 40.1 Å². The van der Waals surface area contributed by atoms with Crippen LogP contribution in [0.15, 0.2) is 53.3 Å². The average molecular weight is 321 g/mol. The Morgan fingerprint density at radius 1 is 1.08 bits per heavy atom. The van der Waals surface area contributed by atoms with E-state index >= 15 is 0 Å². The molecule has 3 rings (SSSR count). The van der Waals surface area contributed by atoms with Crippen LogP contribution in [0.3, 0.4) is 0 Å². The van der Waals surface area contributed by atoms with Crippen molar-refractivity contribution in [3.8, 4) is 11.4 Å². The molecule has 0 amide bonds. The predicted molar refractivity (Wildman–Crippen MR) is 99.3 cm³/mol. The molecule has 0 saturated carbocycles. The molecule has 0 radical (unpaired) electrons. The van der Waals surface area contributed by atoms with Gasteiger partial charge in [-0.2, -0.15) is 0 Å². The van der Waals surface area contributed by atoms with Crippen LogP contribution in [0.5, 0.6) is 0 Å². The molecular weight excluding hydrogens is 298 g/mol. The second-order valence-corrected chi connectivity index (χ2v) is 6.55. The first-order valence-electron chi connectivity index (χ1n) is 8.20. The van der Waals surface area contributed by atoms with Crippen molar-refractivity contribution < 1.29 is 0 Å². The van der Waals surface area contributed by atoms with E-state index in [2.05, 4.69) is 30.9 Å². The number of rotatable bonds is 4. The average Bonchev–Trinajstić information content (AvgIpc) is 2.58. The number of hydrogen-bond acceptors (Lipinski definition) is 3. The van der Waals surface area contributed by atoms with E-state index in [0.29, 0.717) is 11.9 Å². The Kier molecular flexibility index (Phi) is 4.49. The van der Waals surface area contributed by atoms with Crippen LogP contribution in [0, 0.1) is 6.92 Å². The van der Waals surface area contributed by atoms with Crippen molar-refractivity contribution in [3.63, 3.8) is 0 Å². The number of fused-ring (bicyclic) bond motifs is 1. The standard InChI is InChI=1S/C20H23N3O/c1-14-9-11-16(12-10-14)19-21-18-8-6-5-7-17(18)20(24)23(19)13-15(2)22(3)4/h5-12,15H,13H2,1-4H3. The Bertz CT molecular complexity index is 910. The summed E-state index contributed by atoms with van der Waals surface area (Å²) in [6.45, 7) is 4.77. The summed E-state index contributed by atoms with van der Waals surface area (Å²) in [4.78, 5) is 20.0. The Morgan fingerprint density at radius 2 is 1.75 bits per heavy atom. The van der Waals surface area contributed by atoms with Crippen LogP contribution in [-0.4, -0.2) is 34.6 Å². The van der Waals surface area contributed by atoms with Crippen molar-refractivity contribution in [2.45, 2.75) is 26.4 Å². The fourth-order valence-electron chi connectivity index (χ4n) is 2.69. The van der Waals surface area contributed by atoms with Gasteiger partial charge in [0.25, 0.3) is 5.56 Å². The predicted octanol–water partition coefficient (Wildman–Crippen LogP) is 3.32. The number of para-hydroxylation sites is 1. The lowest BCUT2D eigenvalue weighted by molar-refractivity contribution is 0.282. The Labute approximate surface area is 142 Å². The lowest BCUT2D eigenvalue weighted by Crippen LogP contribution is -2.35. The maximum atomic E-state index is 13.1. The van der Waals surface area contributed by atoms with Gasteiger partial charge in [0.05, 0.1) is 10.9 Å². The molecule has 0 N–H and O–H groups in total. The summed E-state index contributed by atoms with van der Waals surface area (Å²) in [5, 5.41) is 0.666. The summed E-state index contributed by atoms with van der Waals surface area (Å²) < 4.78 is 1.80. The van der Waals surface area contributed by atoms with Crippen LogP contribution in [-0.2, 0) is 6.54 Å². The molecule has 1 aromatic heterocycles. The number of hydrogen-bond donors (Lipinski definition) is 0. The number of likely N-dealkylation sites (N-methyl/N-ethyl adjacent to an activating group) is 1. The minimum atomic E-state index is 0.0184. The molecule has 0 aliphatic rings. The van der Waals surface area contributed by atoms with Gasteiger partial charge < -0.3 is 4.90 Å². The van der Waals surface area contributed by atoms with Gasteiger partial charge in [0.1, 0.15) is 5.82 Å². The molecule has 4 heteroatoms. The summed E-state index contributed by atoms with van der Waals surface area (Å²) >= 11 is 0. The van der Waals surface area contributed by atoms with Crippen molar-refractivity contribution in [1.82, 2.24) is 14.5 Å². The maximum absolute atomic E-state index is 13.1. The van der Waals surface area contributed by atoms with Crippen LogP contribution in [0.4, 0.5) is 0 Å². The van der Waals surface area contributed by atoms with Crippen molar-refractivity contribution in [2.24, 2.45) is 0 Å². The molecule has 24 heavy (non-hydrogen) atoms. The molecule has 1 atom stereocenters. The van der Waals surface area contributed by atoms with Crippen LogP contribution in [0.25, 0.3) is 22.3 Å². The van der Waals surface area contributed by atoms with E-state index in [1.54, 1.807) is 4.57 Å². The normalized spacial score (nSPS) is 12.7. The fraction of sp³-hybridized carbons (Fsp3) is 0.300. The van der Waals surface area contributed by atoms with Gasteiger partial charge in [-0.15, -0.1) is 0 Å². The van der Waals surface area contributed by atoms with Crippen LogP contribution in [0.2, 0.25) is 0 Å². The first-order chi connectivity index (χ1) is 11.5. The molecule has 124 valence electrons. The lowest BCUT2D eigenvalue weighted by Gasteiger charge is -2.22. The molecule has 1 heterocycles. The van der Waals surface area contributed by atoms with Gasteiger partial charge in [-0.25, -0.2) is 4.98 Å². The zero-order valence-corrected chi connectivity index (χ0v) is 14.7. The van der Waals surface area contributed by atoms with Gasteiger partial charge in [-0.3, -0.25) is 9.36 Å². The zero-order chi connectivity index (χ0) is 17.3. The van der Waals surface area contributed by atoms with Gasteiger partial charge in [-0.1, -0.05) is 42.0 Å². The second-order valence-electron chi connectivity index (χ2n) is 6.55. The van der Waals surface area contributed by atoms with E-state index in [-0.39, 0.29) is 11.6 Å². The highest BCUT2D eigenvalue weighted by Crippen LogP contribution is 2.20. The number of aryl methyl sites for hydroxylation is 1. The van der Waals surface area contributed by atoms with Gasteiger partial charge in [0, 0.05) is 18.2 Å². The first-order valence-corrected chi connectivity index (χ1v) is 8.20. The largest absolute Gasteiger partial charge is 0.305 e. The Morgan fingerprint density at radius 3 is 2.42 bits per heavy atom. The zero-order valence-electron chi connectivity index (χ0n) is 14.7. The molecule has 0 bridgehead atoms. The Balaban J connectivity index is 2.25. The minimum Gasteiger partial charge on any atom is -0.305 e. The molecule has 3 aromatic rings. The number of benzene rings is 2. The summed E-state index contributed by atoms with van der Waals surface area (Å²) in [6, 6.07) is 15.9. The maximum Gasteiger partial charge on any atom is 0.261 e. The Hall–Kier alpha value is -2.46. The van der Waals surface area contributed by atoms with Crippen LogP contribution < -0.4 is 5.56 Å². The quantitative estimate of drug-likeness (QED) is 0.740. The number of nitrogens with zero attached hydrogens (tertiary/aromatic N) is 3. The van der Waals surface area contributed by atoms with Crippen molar-refractivity contribution in [1.29, 1.82) is 0 Å². The molecule has 0 aliphatic heterocycles. The van der Waals surface area contributed by atoms with Crippen molar-refractivity contribution >= 4 is 10.9 Å². The van der Waals surface area contributed by atoms with Gasteiger partial charge >= 0.3 is 0 Å². The highest BCUT2D eigenvalue weighted by molar-refractivity contribution is 5.79. The molecule has 0 spiro atoms. The van der Waals surface area contributed by atoms with Crippen LogP contribution >= 0.6 is 0 Å². The monoisotopic (exact) mass is 321 g/mol. The SMILES string of the molecule is Cc1ccc(-c2nc3ccccc3c(=O)n2CC(C)N(C)C)cc1. The summed E-state index contributed by atoms with van der Waals surface area (Å²) in [5.41, 5.74) is 2.92. The summed E-state index contributed by atoms with van der Waals surface area (Å²) in [7, 11) is 4.05. The van der Waals surface area contributed by atoms with Gasteiger partial charge in [0.15, 0.2) is 0 Å². The molecule has 4 nitrogen and oxygen atoms in total. The molecule has 1 unspecified atom stereocenters. The highest BCUT2D eigenvalue weighted by atomic mass is 16.1. The second kappa shape index (κ2) is 6.57. The molecular formula is C20H23N3O. The van der Waals surface area contributed by atoms with Gasteiger partial charge in [0.2, 0.25) is 0 Å². The third-order valence-corrected chi connectivity index (χ3v) is 4.50. The van der Waals surface area contributed by atoms with Crippen molar-refractivity contribution in [3.05, 3.63) is 64.4 Å².